The molecule has 0 aromatic heterocycles. The molecule has 1 atom stereocenters. The van der Waals surface area contributed by atoms with Crippen molar-refractivity contribution in [3.63, 3.8) is 0 Å². The molecule has 0 aliphatic heterocycles. The van der Waals surface area contributed by atoms with Crippen LogP contribution in [0.5, 0.6) is 0 Å². The van der Waals surface area contributed by atoms with Crippen LogP contribution in [-0.2, 0) is 4.79 Å². The summed E-state index contributed by atoms with van der Waals surface area (Å²) in [4.78, 5) is 21.0. The molecule has 0 unspecified atom stereocenters. The van der Waals surface area contributed by atoms with Gasteiger partial charge in [0.05, 0.1) is 0 Å². The Morgan fingerprint density at radius 2 is 2.36 bits per heavy atom. The SMILES string of the molecule is O=C1CCC[C@@H](NC(=O)O)C1. The average Bonchev–Trinajstić information content (AvgIpc) is 1.85. The van der Waals surface area contributed by atoms with Crippen LogP contribution in [0.3, 0.4) is 0 Å². The van der Waals surface area contributed by atoms with Crippen molar-refractivity contribution in [2.75, 3.05) is 0 Å². The van der Waals surface area contributed by atoms with E-state index in [2.05, 4.69) is 5.32 Å². The fourth-order valence-corrected chi connectivity index (χ4v) is 1.32. The molecule has 11 heavy (non-hydrogen) atoms. The van der Waals surface area contributed by atoms with Gasteiger partial charge in [-0.05, 0) is 12.8 Å². The van der Waals surface area contributed by atoms with Crippen molar-refractivity contribution in [2.24, 2.45) is 0 Å². The van der Waals surface area contributed by atoms with Gasteiger partial charge in [0.25, 0.3) is 0 Å². The van der Waals surface area contributed by atoms with Gasteiger partial charge in [0.1, 0.15) is 5.78 Å². The summed E-state index contributed by atoms with van der Waals surface area (Å²) in [6.07, 6.45) is 1.54. The average molecular weight is 157 g/mol. The molecule has 1 rings (SSSR count). The Hall–Kier alpha value is -1.06. The second-order valence-corrected chi connectivity index (χ2v) is 2.78. The molecule has 0 spiro atoms. The highest BCUT2D eigenvalue weighted by atomic mass is 16.4. The molecule has 2 N–H and O–H groups in total. The lowest BCUT2D eigenvalue weighted by Gasteiger charge is -2.19. The highest BCUT2D eigenvalue weighted by Crippen LogP contribution is 2.14. The molecule has 0 radical (unpaired) electrons. The molecule has 0 bridgehead atoms. The summed E-state index contributed by atoms with van der Waals surface area (Å²) < 4.78 is 0. The van der Waals surface area contributed by atoms with E-state index < -0.39 is 6.09 Å². The number of carboxylic acid groups (broad SMARTS) is 1. The Morgan fingerprint density at radius 3 is 2.91 bits per heavy atom. The van der Waals surface area contributed by atoms with Crippen LogP contribution in [0.1, 0.15) is 25.7 Å². The number of carbonyl (C=O) groups is 2. The van der Waals surface area contributed by atoms with E-state index >= 15 is 0 Å². The van der Waals surface area contributed by atoms with Gasteiger partial charge in [0, 0.05) is 18.9 Å². The van der Waals surface area contributed by atoms with Crippen LogP contribution < -0.4 is 5.32 Å². The van der Waals surface area contributed by atoms with Crippen LogP contribution in [0.25, 0.3) is 0 Å². The minimum absolute atomic E-state index is 0.145. The summed E-state index contributed by atoms with van der Waals surface area (Å²) in [6.45, 7) is 0. The smallest absolute Gasteiger partial charge is 0.404 e. The van der Waals surface area contributed by atoms with E-state index in [1.807, 2.05) is 0 Å². The maximum absolute atomic E-state index is 10.8. The maximum atomic E-state index is 10.8. The third-order valence-electron chi connectivity index (χ3n) is 1.81. The van der Waals surface area contributed by atoms with Crippen molar-refractivity contribution in [1.82, 2.24) is 5.32 Å². The van der Waals surface area contributed by atoms with Gasteiger partial charge in [0.2, 0.25) is 0 Å². The maximum Gasteiger partial charge on any atom is 0.404 e. The Kier molecular flexibility index (Phi) is 2.46. The summed E-state index contributed by atoms with van der Waals surface area (Å²) in [5.41, 5.74) is 0. The topological polar surface area (TPSA) is 66.4 Å². The lowest BCUT2D eigenvalue weighted by Crippen LogP contribution is -2.37. The van der Waals surface area contributed by atoms with Crippen LogP contribution in [0, 0.1) is 0 Å². The van der Waals surface area contributed by atoms with Crippen molar-refractivity contribution in [2.45, 2.75) is 31.7 Å². The first kappa shape index (κ1) is 8.04. The summed E-state index contributed by atoms with van der Waals surface area (Å²) in [6, 6.07) is -0.145. The predicted octanol–water partition coefficient (Wildman–Crippen LogP) is 0.766. The summed E-state index contributed by atoms with van der Waals surface area (Å²) in [5, 5.41) is 10.6. The standard InChI is InChI=1S/C7H11NO3/c9-6-3-1-2-5(4-6)8-7(10)11/h5,8H,1-4H2,(H,10,11)/t5-/m1/s1. The number of rotatable bonds is 1. The fourth-order valence-electron chi connectivity index (χ4n) is 1.32. The number of hydrogen-bond acceptors (Lipinski definition) is 2. The number of amides is 1. The van der Waals surface area contributed by atoms with E-state index in [-0.39, 0.29) is 11.8 Å². The van der Waals surface area contributed by atoms with E-state index in [1.54, 1.807) is 0 Å². The third-order valence-corrected chi connectivity index (χ3v) is 1.81. The van der Waals surface area contributed by atoms with Gasteiger partial charge in [-0.1, -0.05) is 0 Å². The second kappa shape index (κ2) is 3.37. The number of carbonyl (C=O) groups excluding carboxylic acids is 1. The second-order valence-electron chi connectivity index (χ2n) is 2.78. The molecule has 1 aliphatic carbocycles. The highest BCUT2D eigenvalue weighted by molar-refractivity contribution is 5.80. The largest absolute Gasteiger partial charge is 0.465 e. The minimum Gasteiger partial charge on any atom is -0.465 e. The molecule has 0 saturated heterocycles. The van der Waals surface area contributed by atoms with Crippen molar-refractivity contribution < 1.29 is 14.7 Å². The first-order valence-corrected chi connectivity index (χ1v) is 3.69. The molecular formula is C7H11NO3. The molecule has 1 saturated carbocycles. The van der Waals surface area contributed by atoms with Crippen LogP contribution in [-0.4, -0.2) is 23.0 Å². The molecule has 62 valence electrons. The third kappa shape index (κ3) is 2.57. The van der Waals surface area contributed by atoms with Gasteiger partial charge in [-0.25, -0.2) is 4.79 Å². The van der Waals surface area contributed by atoms with Crippen LogP contribution in [0.4, 0.5) is 4.79 Å². The van der Waals surface area contributed by atoms with E-state index in [0.29, 0.717) is 12.8 Å². The Morgan fingerprint density at radius 1 is 1.64 bits per heavy atom. The van der Waals surface area contributed by atoms with Gasteiger partial charge < -0.3 is 10.4 Å². The van der Waals surface area contributed by atoms with Crippen molar-refractivity contribution in [3.8, 4) is 0 Å². The van der Waals surface area contributed by atoms with Crippen molar-refractivity contribution in [1.29, 1.82) is 0 Å². The Bertz CT molecular complexity index is 177. The lowest BCUT2D eigenvalue weighted by atomic mass is 9.94. The molecular weight excluding hydrogens is 146 g/mol. The summed E-state index contributed by atoms with van der Waals surface area (Å²) in [5.74, 6) is 0.162. The van der Waals surface area contributed by atoms with Crippen LogP contribution in [0.15, 0.2) is 0 Å². The van der Waals surface area contributed by atoms with Crippen molar-refractivity contribution in [3.05, 3.63) is 0 Å². The van der Waals surface area contributed by atoms with Gasteiger partial charge in [-0.3, -0.25) is 4.79 Å². The molecule has 4 heteroatoms. The zero-order valence-electron chi connectivity index (χ0n) is 6.17. The lowest BCUT2D eigenvalue weighted by molar-refractivity contribution is -0.120. The monoisotopic (exact) mass is 157 g/mol. The Balaban J connectivity index is 2.34. The summed E-state index contributed by atoms with van der Waals surface area (Å²) >= 11 is 0. The van der Waals surface area contributed by atoms with Crippen LogP contribution in [0.2, 0.25) is 0 Å². The molecule has 4 nitrogen and oxygen atoms in total. The van der Waals surface area contributed by atoms with Gasteiger partial charge in [-0.2, -0.15) is 0 Å². The number of hydrogen-bond donors (Lipinski definition) is 2. The zero-order chi connectivity index (χ0) is 8.27. The minimum atomic E-state index is -1.04. The van der Waals surface area contributed by atoms with E-state index in [0.717, 1.165) is 12.8 Å². The molecule has 0 aromatic carbocycles. The van der Waals surface area contributed by atoms with Gasteiger partial charge in [-0.15, -0.1) is 0 Å². The molecule has 1 fully saturated rings. The van der Waals surface area contributed by atoms with E-state index in [9.17, 15) is 9.59 Å². The molecule has 1 amide bonds. The van der Waals surface area contributed by atoms with Gasteiger partial charge >= 0.3 is 6.09 Å². The molecule has 0 aromatic rings. The zero-order valence-corrected chi connectivity index (χ0v) is 6.17. The van der Waals surface area contributed by atoms with Crippen molar-refractivity contribution >= 4 is 11.9 Å². The fraction of sp³-hybridized carbons (Fsp3) is 0.714. The predicted molar refractivity (Wildman–Crippen MR) is 38.4 cm³/mol. The van der Waals surface area contributed by atoms with E-state index in [1.165, 1.54) is 0 Å². The molecule has 1 aliphatic rings. The number of ketones is 1. The number of nitrogens with one attached hydrogen (secondary N) is 1. The first-order valence-electron chi connectivity index (χ1n) is 3.69. The highest BCUT2D eigenvalue weighted by Gasteiger charge is 2.20. The van der Waals surface area contributed by atoms with Gasteiger partial charge in [0.15, 0.2) is 0 Å². The number of Topliss-reactive ketones (excluding diaryl/α,β-unsaturated/α-hetero) is 1. The normalized spacial score (nSPS) is 24.7. The van der Waals surface area contributed by atoms with E-state index in [4.69, 9.17) is 5.11 Å². The molecule has 0 heterocycles. The Labute approximate surface area is 64.6 Å². The van der Waals surface area contributed by atoms with Crippen LogP contribution >= 0.6 is 0 Å². The first-order chi connectivity index (χ1) is 5.18. The quantitative estimate of drug-likeness (QED) is 0.590. The summed E-state index contributed by atoms with van der Waals surface area (Å²) in [7, 11) is 0.